The van der Waals surface area contributed by atoms with Crippen molar-refractivity contribution >= 4 is 15.9 Å². The molecule has 0 aliphatic carbocycles. The summed E-state index contributed by atoms with van der Waals surface area (Å²) in [5, 5.41) is 8.04. The minimum Gasteiger partial charge on any atom is -0.382 e. The Morgan fingerprint density at radius 3 is 2.44 bits per heavy atom. The van der Waals surface area contributed by atoms with Gasteiger partial charge in [0, 0.05) is 13.7 Å². The lowest BCUT2D eigenvalue weighted by Gasteiger charge is -2.20. The van der Waals surface area contributed by atoms with Crippen LogP contribution in [0.4, 0.5) is 0 Å². The second-order valence-electron chi connectivity index (χ2n) is 5.09. The first-order valence-corrected chi connectivity index (χ1v) is 7.17. The van der Waals surface area contributed by atoms with Gasteiger partial charge >= 0.3 is 0 Å². The van der Waals surface area contributed by atoms with Crippen molar-refractivity contribution in [3.8, 4) is 0 Å². The van der Waals surface area contributed by atoms with Crippen molar-refractivity contribution in [1.82, 2.24) is 15.1 Å². The molecule has 1 heterocycles. The number of aryl methyl sites for hydroxylation is 1. The monoisotopic (exact) mass is 317 g/mol. The third-order valence-corrected chi connectivity index (χ3v) is 4.02. The summed E-state index contributed by atoms with van der Waals surface area (Å²) in [4.78, 5) is 0. The minimum absolute atomic E-state index is 0.235. The zero-order valence-electron chi connectivity index (χ0n) is 12.0. The molecule has 4 nitrogen and oxygen atoms in total. The van der Waals surface area contributed by atoms with E-state index in [1.54, 1.807) is 7.11 Å². The van der Waals surface area contributed by atoms with Crippen LogP contribution in [0.3, 0.4) is 0 Å². The number of aromatic nitrogens is 2. The molecule has 18 heavy (non-hydrogen) atoms. The van der Waals surface area contributed by atoms with Crippen LogP contribution in [0.25, 0.3) is 0 Å². The molecule has 1 atom stereocenters. The standard InChI is InChI=1S/C13H24BrN3O/c1-9(2)6-15-7-12(8-18-5)17-11(4)13(14)10(3)16-17/h9,12,15H,6-8H2,1-5H3. The summed E-state index contributed by atoms with van der Waals surface area (Å²) in [5.74, 6) is 0.653. The highest BCUT2D eigenvalue weighted by Crippen LogP contribution is 2.22. The van der Waals surface area contributed by atoms with Crippen LogP contribution in [0.15, 0.2) is 4.47 Å². The third kappa shape index (κ3) is 4.07. The summed E-state index contributed by atoms with van der Waals surface area (Å²) in [6, 6.07) is 0.235. The van der Waals surface area contributed by atoms with E-state index < -0.39 is 0 Å². The maximum Gasteiger partial charge on any atom is 0.0880 e. The van der Waals surface area contributed by atoms with Gasteiger partial charge in [-0.25, -0.2) is 0 Å². The second kappa shape index (κ2) is 7.26. The molecule has 0 saturated carbocycles. The van der Waals surface area contributed by atoms with Gasteiger partial charge in [-0.3, -0.25) is 4.68 Å². The zero-order valence-corrected chi connectivity index (χ0v) is 13.5. The van der Waals surface area contributed by atoms with Crippen LogP contribution in [0.1, 0.15) is 31.3 Å². The minimum atomic E-state index is 0.235. The van der Waals surface area contributed by atoms with Crippen LogP contribution in [-0.2, 0) is 4.74 Å². The first-order valence-electron chi connectivity index (χ1n) is 6.38. The van der Waals surface area contributed by atoms with Crippen molar-refractivity contribution in [2.45, 2.75) is 33.7 Å². The van der Waals surface area contributed by atoms with Gasteiger partial charge in [0.05, 0.1) is 28.5 Å². The molecule has 0 saturated heterocycles. The molecule has 104 valence electrons. The molecular weight excluding hydrogens is 294 g/mol. The van der Waals surface area contributed by atoms with E-state index in [0.717, 1.165) is 29.0 Å². The number of hydrogen-bond acceptors (Lipinski definition) is 3. The van der Waals surface area contributed by atoms with Crippen molar-refractivity contribution in [1.29, 1.82) is 0 Å². The molecule has 0 spiro atoms. The summed E-state index contributed by atoms with van der Waals surface area (Å²) in [6.07, 6.45) is 0. The lowest BCUT2D eigenvalue weighted by Crippen LogP contribution is -2.31. The summed E-state index contributed by atoms with van der Waals surface area (Å²) >= 11 is 3.57. The summed E-state index contributed by atoms with van der Waals surface area (Å²) in [7, 11) is 1.73. The lowest BCUT2D eigenvalue weighted by atomic mass is 10.2. The topological polar surface area (TPSA) is 39.1 Å². The predicted octanol–water partition coefficient (Wildman–Crippen LogP) is 2.70. The maximum atomic E-state index is 5.30. The second-order valence-corrected chi connectivity index (χ2v) is 5.88. The van der Waals surface area contributed by atoms with Gasteiger partial charge in [0.15, 0.2) is 0 Å². The first kappa shape index (κ1) is 15.7. The van der Waals surface area contributed by atoms with E-state index >= 15 is 0 Å². The van der Waals surface area contributed by atoms with Gasteiger partial charge in [-0.2, -0.15) is 5.10 Å². The van der Waals surface area contributed by atoms with Crippen molar-refractivity contribution in [3.63, 3.8) is 0 Å². The summed E-state index contributed by atoms with van der Waals surface area (Å²) in [6.45, 7) is 11.1. The van der Waals surface area contributed by atoms with Gasteiger partial charge in [-0.15, -0.1) is 0 Å². The SMILES string of the molecule is COCC(CNCC(C)C)n1nc(C)c(Br)c1C. The number of halogens is 1. The molecule has 0 aliphatic heterocycles. The van der Waals surface area contributed by atoms with Crippen molar-refractivity contribution < 1.29 is 4.74 Å². The Morgan fingerprint density at radius 1 is 1.33 bits per heavy atom. The van der Waals surface area contributed by atoms with E-state index in [2.05, 4.69) is 51.8 Å². The van der Waals surface area contributed by atoms with E-state index in [-0.39, 0.29) is 6.04 Å². The quantitative estimate of drug-likeness (QED) is 0.840. The molecule has 0 aromatic carbocycles. The Kier molecular flexibility index (Phi) is 6.32. The zero-order chi connectivity index (χ0) is 13.7. The molecule has 1 rings (SSSR count). The lowest BCUT2D eigenvalue weighted by molar-refractivity contribution is 0.146. The van der Waals surface area contributed by atoms with Crippen LogP contribution in [0, 0.1) is 19.8 Å². The Labute approximate surface area is 118 Å². The normalized spacial score (nSPS) is 13.3. The van der Waals surface area contributed by atoms with E-state index in [1.807, 2.05) is 6.92 Å². The number of nitrogens with one attached hydrogen (secondary N) is 1. The molecule has 0 aliphatic rings. The highest BCUT2D eigenvalue weighted by molar-refractivity contribution is 9.10. The molecular formula is C13H24BrN3O. The van der Waals surface area contributed by atoms with Crippen molar-refractivity contribution in [3.05, 3.63) is 15.9 Å². The fourth-order valence-corrected chi connectivity index (χ4v) is 2.21. The number of methoxy groups -OCH3 is 1. The predicted molar refractivity (Wildman–Crippen MR) is 78.0 cm³/mol. The number of ether oxygens (including phenoxy) is 1. The smallest absolute Gasteiger partial charge is 0.0880 e. The summed E-state index contributed by atoms with van der Waals surface area (Å²) in [5.41, 5.74) is 2.18. The number of hydrogen-bond donors (Lipinski definition) is 1. The molecule has 1 aromatic heterocycles. The Balaban J connectivity index is 2.74. The third-order valence-electron chi connectivity index (χ3n) is 2.87. The first-order chi connectivity index (χ1) is 8.47. The molecule has 1 N–H and O–H groups in total. The highest BCUT2D eigenvalue weighted by Gasteiger charge is 2.17. The van der Waals surface area contributed by atoms with Crippen LogP contribution >= 0.6 is 15.9 Å². The molecule has 1 aromatic rings. The largest absolute Gasteiger partial charge is 0.382 e. The Bertz CT molecular complexity index is 377. The van der Waals surface area contributed by atoms with E-state index in [0.29, 0.717) is 12.5 Å². The van der Waals surface area contributed by atoms with Gasteiger partial charge < -0.3 is 10.1 Å². The van der Waals surface area contributed by atoms with Gasteiger partial charge in [-0.1, -0.05) is 13.8 Å². The maximum absolute atomic E-state index is 5.30. The average Bonchev–Trinajstić information content (AvgIpc) is 2.55. The van der Waals surface area contributed by atoms with Crippen LogP contribution < -0.4 is 5.32 Å². The molecule has 0 bridgehead atoms. The fourth-order valence-electron chi connectivity index (χ4n) is 1.95. The Morgan fingerprint density at radius 2 is 2.00 bits per heavy atom. The molecule has 1 unspecified atom stereocenters. The van der Waals surface area contributed by atoms with Gasteiger partial charge in [0.2, 0.25) is 0 Å². The Hall–Kier alpha value is -0.390. The van der Waals surface area contributed by atoms with Crippen molar-refractivity contribution in [2.75, 3.05) is 26.8 Å². The molecule has 0 radical (unpaired) electrons. The van der Waals surface area contributed by atoms with Gasteiger partial charge in [0.25, 0.3) is 0 Å². The van der Waals surface area contributed by atoms with Crippen LogP contribution in [-0.4, -0.2) is 36.6 Å². The molecule has 0 fully saturated rings. The molecule has 0 amide bonds. The van der Waals surface area contributed by atoms with E-state index in [9.17, 15) is 0 Å². The van der Waals surface area contributed by atoms with Crippen molar-refractivity contribution in [2.24, 2.45) is 5.92 Å². The number of nitrogens with zero attached hydrogens (tertiary/aromatic N) is 2. The number of rotatable bonds is 7. The van der Waals surface area contributed by atoms with Crippen LogP contribution in [0.2, 0.25) is 0 Å². The fraction of sp³-hybridized carbons (Fsp3) is 0.769. The highest BCUT2D eigenvalue weighted by atomic mass is 79.9. The van der Waals surface area contributed by atoms with Crippen LogP contribution in [0.5, 0.6) is 0 Å². The van der Waals surface area contributed by atoms with E-state index in [4.69, 9.17) is 4.74 Å². The van der Waals surface area contributed by atoms with E-state index in [1.165, 1.54) is 0 Å². The summed E-state index contributed by atoms with van der Waals surface area (Å²) < 4.78 is 8.45. The van der Waals surface area contributed by atoms with Gasteiger partial charge in [0.1, 0.15) is 0 Å². The average molecular weight is 318 g/mol. The van der Waals surface area contributed by atoms with Gasteiger partial charge in [-0.05, 0) is 42.2 Å². The molecule has 5 heteroatoms.